The van der Waals surface area contributed by atoms with Crippen molar-refractivity contribution in [3.63, 3.8) is 0 Å². The number of ether oxygens (including phenoxy) is 2. The molecule has 0 fully saturated rings. The summed E-state index contributed by atoms with van der Waals surface area (Å²) in [6.07, 6.45) is 0.462. The first-order valence-electron chi connectivity index (χ1n) is 7.26. The number of methoxy groups -OCH3 is 1. The molecule has 0 unspecified atom stereocenters. The van der Waals surface area contributed by atoms with E-state index in [9.17, 15) is 4.79 Å². The fraction of sp³-hybridized carbons (Fsp3) is 0.278. The van der Waals surface area contributed by atoms with Crippen molar-refractivity contribution < 1.29 is 14.3 Å². The number of rotatable bonds is 6. The highest BCUT2D eigenvalue weighted by Gasteiger charge is 2.05. The fourth-order valence-electron chi connectivity index (χ4n) is 2.02. The predicted molar refractivity (Wildman–Crippen MR) is 87.5 cm³/mol. The van der Waals surface area contributed by atoms with Crippen molar-refractivity contribution in [2.45, 2.75) is 26.4 Å². The number of hydrogen-bond donors (Lipinski definition) is 1. The number of carbonyl (C=O) groups excluding carboxylic acids is 1. The van der Waals surface area contributed by atoms with Crippen LogP contribution in [0.4, 0.5) is 5.69 Å². The van der Waals surface area contributed by atoms with Gasteiger partial charge in [0.25, 0.3) is 0 Å². The molecule has 1 N–H and O–H groups in total. The van der Waals surface area contributed by atoms with Gasteiger partial charge in [0.2, 0.25) is 5.91 Å². The molecule has 0 spiro atoms. The Bertz CT molecular complexity index is 603. The molecule has 0 saturated heterocycles. The maximum absolute atomic E-state index is 12.0. The number of benzene rings is 2. The predicted octanol–water partition coefficient (Wildman–Crippen LogP) is 3.66. The van der Waals surface area contributed by atoms with Gasteiger partial charge in [-0.05, 0) is 55.8 Å². The van der Waals surface area contributed by atoms with Crippen molar-refractivity contribution in [1.29, 1.82) is 0 Å². The van der Waals surface area contributed by atoms with Crippen LogP contribution in [0.1, 0.15) is 19.4 Å². The van der Waals surface area contributed by atoms with Gasteiger partial charge in [-0.25, -0.2) is 0 Å². The van der Waals surface area contributed by atoms with Crippen LogP contribution in [0.3, 0.4) is 0 Å². The molecular weight excluding hydrogens is 278 g/mol. The highest BCUT2D eigenvalue weighted by molar-refractivity contribution is 5.92. The molecular formula is C18H21NO3. The molecule has 0 aromatic heterocycles. The summed E-state index contributed by atoms with van der Waals surface area (Å²) in [6.45, 7) is 3.95. The Hall–Kier alpha value is -2.49. The summed E-state index contributed by atoms with van der Waals surface area (Å²) in [5, 5.41) is 2.87. The lowest BCUT2D eigenvalue weighted by molar-refractivity contribution is -0.115. The summed E-state index contributed by atoms with van der Waals surface area (Å²) in [4.78, 5) is 12.0. The molecule has 0 saturated carbocycles. The molecule has 2 rings (SSSR count). The van der Waals surface area contributed by atoms with Crippen molar-refractivity contribution in [2.75, 3.05) is 12.4 Å². The van der Waals surface area contributed by atoms with Crippen LogP contribution in [-0.2, 0) is 11.2 Å². The largest absolute Gasteiger partial charge is 0.497 e. The second-order valence-electron chi connectivity index (χ2n) is 5.26. The Labute approximate surface area is 131 Å². The minimum Gasteiger partial charge on any atom is -0.497 e. The van der Waals surface area contributed by atoms with E-state index in [4.69, 9.17) is 9.47 Å². The van der Waals surface area contributed by atoms with Gasteiger partial charge in [0.15, 0.2) is 0 Å². The molecule has 2 aromatic rings. The van der Waals surface area contributed by atoms with Crippen LogP contribution in [0.5, 0.6) is 11.5 Å². The number of amides is 1. The first-order chi connectivity index (χ1) is 10.6. The Balaban J connectivity index is 1.90. The van der Waals surface area contributed by atoms with E-state index < -0.39 is 0 Å². The molecule has 22 heavy (non-hydrogen) atoms. The third-order valence-electron chi connectivity index (χ3n) is 3.03. The van der Waals surface area contributed by atoms with E-state index in [0.717, 1.165) is 22.7 Å². The highest BCUT2D eigenvalue weighted by Crippen LogP contribution is 2.17. The van der Waals surface area contributed by atoms with Crippen molar-refractivity contribution in [2.24, 2.45) is 0 Å². The van der Waals surface area contributed by atoms with Crippen LogP contribution in [0.2, 0.25) is 0 Å². The van der Waals surface area contributed by atoms with Gasteiger partial charge >= 0.3 is 0 Å². The highest BCUT2D eigenvalue weighted by atomic mass is 16.5. The Morgan fingerprint density at radius 1 is 1.00 bits per heavy atom. The standard InChI is InChI=1S/C18H21NO3/c1-13(2)22-17-10-6-15(7-11-17)19-18(20)12-14-4-8-16(21-3)9-5-14/h4-11,13H,12H2,1-3H3,(H,19,20). The van der Waals surface area contributed by atoms with Gasteiger partial charge in [0.05, 0.1) is 19.6 Å². The molecule has 4 heteroatoms. The Morgan fingerprint density at radius 2 is 1.59 bits per heavy atom. The molecule has 1 amide bonds. The van der Waals surface area contributed by atoms with Gasteiger partial charge in [0, 0.05) is 5.69 Å². The number of hydrogen-bond acceptors (Lipinski definition) is 3. The van der Waals surface area contributed by atoms with Crippen molar-refractivity contribution in [3.05, 3.63) is 54.1 Å². The third kappa shape index (κ3) is 4.81. The zero-order valence-corrected chi connectivity index (χ0v) is 13.1. The van der Waals surface area contributed by atoms with Crippen molar-refractivity contribution >= 4 is 11.6 Å². The third-order valence-corrected chi connectivity index (χ3v) is 3.03. The number of nitrogens with one attached hydrogen (secondary N) is 1. The first-order valence-corrected chi connectivity index (χ1v) is 7.26. The topological polar surface area (TPSA) is 47.6 Å². The summed E-state index contributed by atoms with van der Waals surface area (Å²) >= 11 is 0. The lowest BCUT2D eigenvalue weighted by Gasteiger charge is -2.10. The average molecular weight is 299 g/mol. The van der Waals surface area contributed by atoms with Crippen LogP contribution >= 0.6 is 0 Å². The molecule has 0 bridgehead atoms. The SMILES string of the molecule is COc1ccc(CC(=O)Nc2ccc(OC(C)C)cc2)cc1. The van der Waals surface area contributed by atoms with E-state index >= 15 is 0 Å². The van der Waals surface area contributed by atoms with Crippen LogP contribution in [0, 0.1) is 0 Å². The minimum atomic E-state index is -0.0531. The number of carbonyl (C=O) groups is 1. The molecule has 0 atom stereocenters. The summed E-state index contributed by atoms with van der Waals surface area (Å²) in [5.74, 6) is 1.52. The molecule has 0 radical (unpaired) electrons. The van der Waals surface area contributed by atoms with Crippen LogP contribution < -0.4 is 14.8 Å². The van der Waals surface area contributed by atoms with E-state index in [-0.39, 0.29) is 12.0 Å². The van der Waals surface area contributed by atoms with E-state index in [1.807, 2.05) is 62.4 Å². The molecule has 0 aliphatic rings. The maximum atomic E-state index is 12.0. The molecule has 0 heterocycles. The second kappa shape index (κ2) is 7.50. The molecule has 0 aliphatic carbocycles. The molecule has 4 nitrogen and oxygen atoms in total. The van der Waals surface area contributed by atoms with Crippen molar-refractivity contribution in [3.8, 4) is 11.5 Å². The van der Waals surface area contributed by atoms with Crippen LogP contribution in [0.15, 0.2) is 48.5 Å². The zero-order chi connectivity index (χ0) is 15.9. The molecule has 2 aromatic carbocycles. The van der Waals surface area contributed by atoms with Gasteiger partial charge in [0.1, 0.15) is 11.5 Å². The van der Waals surface area contributed by atoms with Gasteiger partial charge in [-0.2, -0.15) is 0 Å². The fourth-order valence-corrected chi connectivity index (χ4v) is 2.02. The van der Waals surface area contributed by atoms with Crippen LogP contribution in [0.25, 0.3) is 0 Å². The normalized spacial score (nSPS) is 10.4. The molecule has 116 valence electrons. The minimum absolute atomic E-state index is 0.0531. The Kier molecular flexibility index (Phi) is 5.42. The summed E-state index contributed by atoms with van der Waals surface area (Å²) in [7, 11) is 1.62. The van der Waals surface area contributed by atoms with Gasteiger partial charge in [-0.1, -0.05) is 12.1 Å². The lowest BCUT2D eigenvalue weighted by Crippen LogP contribution is -2.14. The zero-order valence-electron chi connectivity index (χ0n) is 13.1. The maximum Gasteiger partial charge on any atom is 0.228 e. The van der Waals surface area contributed by atoms with Gasteiger partial charge in [-0.3, -0.25) is 4.79 Å². The van der Waals surface area contributed by atoms with E-state index in [1.165, 1.54) is 0 Å². The Morgan fingerprint density at radius 3 is 2.14 bits per heavy atom. The second-order valence-corrected chi connectivity index (χ2v) is 5.26. The van der Waals surface area contributed by atoms with E-state index in [1.54, 1.807) is 7.11 Å². The van der Waals surface area contributed by atoms with Gasteiger partial charge < -0.3 is 14.8 Å². The summed E-state index contributed by atoms with van der Waals surface area (Å²) in [6, 6.07) is 14.8. The average Bonchev–Trinajstić information content (AvgIpc) is 2.49. The summed E-state index contributed by atoms with van der Waals surface area (Å²) in [5.41, 5.74) is 1.70. The monoisotopic (exact) mass is 299 g/mol. The first kappa shape index (κ1) is 15.9. The van der Waals surface area contributed by atoms with Crippen LogP contribution in [-0.4, -0.2) is 19.1 Å². The van der Waals surface area contributed by atoms with Gasteiger partial charge in [-0.15, -0.1) is 0 Å². The molecule has 0 aliphatic heterocycles. The van der Waals surface area contributed by atoms with Crippen molar-refractivity contribution in [1.82, 2.24) is 0 Å². The number of anilines is 1. The van der Waals surface area contributed by atoms with E-state index in [2.05, 4.69) is 5.32 Å². The lowest BCUT2D eigenvalue weighted by atomic mass is 10.1. The summed E-state index contributed by atoms with van der Waals surface area (Å²) < 4.78 is 10.7. The quantitative estimate of drug-likeness (QED) is 0.885. The smallest absolute Gasteiger partial charge is 0.228 e. The van der Waals surface area contributed by atoms with E-state index in [0.29, 0.717) is 6.42 Å².